The number of halogens is 1. The largest absolute Gasteiger partial charge is 0.396 e. The van der Waals surface area contributed by atoms with Crippen LogP contribution in [0.3, 0.4) is 0 Å². The molecular weight excluding hydrogens is 311 g/mol. The van der Waals surface area contributed by atoms with Gasteiger partial charge in [-0.1, -0.05) is 26.0 Å². The van der Waals surface area contributed by atoms with Gasteiger partial charge < -0.3 is 15.7 Å². The van der Waals surface area contributed by atoms with Gasteiger partial charge in [0.25, 0.3) is 0 Å². The van der Waals surface area contributed by atoms with Crippen LogP contribution in [0.2, 0.25) is 0 Å². The molecule has 0 fully saturated rings. The van der Waals surface area contributed by atoms with Gasteiger partial charge in [-0.2, -0.15) is 5.10 Å². The Morgan fingerprint density at radius 1 is 1.38 bits per heavy atom. The number of anilines is 1. The molecule has 1 aromatic carbocycles. The molecule has 2 aromatic rings. The van der Waals surface area contributed by atoms with Gasteiger partial charge in [-0.3, -0.25) is 0 Å². The lowest BCUT2D eigenvalue weighted by atomic mass is 9.89. The van der Waals surface area contributed by atoms with Gasteiger partial charge in [-0.05, 0) is 30.4 Å². The fraction of sp³-hybridized carbons (Fsp3) is 0.412. The average Bonchev–Trinajstić information content (AvgIpc) is 3.00. The Kier molecular flexibility index (Phi) is 5.92. The van der Waals surface area contributed by atoms with E-state index in [2.05, 4.69) is 15.7 Å². The van der Waals surface area contributed by atoms with Crippen LogP contribution in [0.25, 0.3) is 5.69 Å². The maximum absolute atomic E-state index is 13.7. The van der Waals surface area contributed by atoms with Gasteiger partial charge in [0.05, 0.1) is 18.1 Å². The third-order valence-electron chi connectivity index (χ3n) is 3.68. The number of nitrogens with one attached hydrogen (secondary N) is 2. The molecule has 0 saturated carbocycles. The highest BCUT2D eigenvalue weighted by molar-refractivity contribution is 5.88. The standard InChI is InChI=1S/C17H23FN4O2/c1-17(2,12-23)8-5-9-19-16(24)21-13-10-20-22(11-13)15-7-4-3-6-14(15)18/h3-4,6-7,10-11,23H,5,8-9,12H2,1-2H3,(H2,19,21,24). The van der Waals surface area contributed by atoms with E-state index in [0.717, 1.165) is 12.8 Å². The second-order valence-electron chi connectivity index (χ2n) is 6.43. The quantitative estimate of drug-likeness (QED) is 0.681. The van der Waals surface area contributed by atoms with E-state index in [1.54, 1.807) is 24.4 Å². The van der Waals surface area contributed by atoms with Gasteiger partial charge in [0.2, 0.25) is 0 Å². The van der Waals surface area contributed by atoms with Gasteiger partial charge >= 0.3 is 6.03 Å². The average molecular weight is 334 g/mol. The van der Waals surface area contributed by atoms with Crippen molar-refractivity contribution < 1.29 is 14.3 Å². The van der Waals surface area contributed by atoms with Crippen LogP contribution in [-0.4, -0.2) is 34.1 Å². The summed E-state index contributed by atoms with van der Waals surface area (Å²) in [6.45, 7) is 4.58. The number of aliphatic hydroxyl groups excluding tert-OH is 1. The third-order valence-corrected chi connectivity index (χ3v) is 3.68. The van der Waals surface area contributed by atoms with Crippen LogP contribution in [0.15, 0.2) is 36.7 Å². The first-order chi connectivity index (χ1) is 11.4. The van der Waals surface area contributed by atoms with E-state index in [-0.39, 0.29) is 23.9 Å². The predicted molar refractivity (Wildman–Crippen MR) is 90.6 cm³/mol. The van der Waals surface area contributed by atoms with Gasteiger partial charge in [-0.25, -0.2) is 13.9 Å². The van der Waals surface area contributed by atoms with Gasteiger partial charge in [0.1, 0.15) is 11.5 Å². The molecule has 6 nitrogen and oxygen atoms in total. The number of urea groups is 1. The fourth-order valence-electron chi connectivity index (χ4n) is 2.18. The van der Waals surface area contributed by atoms with Crippen molar-refractivity contribution in [1.29, 1.82) is 0 Å². The van der Waals surface area contributed by atoms with Crippen LogP contribution >= 0.6 is 0 Å². The molecule has 0 spiro atoms. The zero-order valence-electron chi connectivity index (χ0n) is 13.9. The zero-order valence-corrected chi connectivity index (χ0v) is 13.9. The summed E-state index contributed by atoms with van der Waals surface area (Å²) in [7, 11) is 0. The summed E-state index contributed by atoms with van der Waals surface area (Å²) < 4.78 is 15.1. The highest BCUT2D eigenvalue weighted by Crippen LogP contribution is 2.20. The van der Waals surface area contributed by atoms with E-state index in [1.807, 2.05) is 13.8 Å². The first kappa shape index (κ1) is 17.9. The number of aromatic nitrogens is 2. The summed E-state index contributed by atoms with van der Waals surface area (Å²) in [5, 5.41) is 18.6. The SMILES string of the molecule is CC(C)(CO)CCCNC(=O)Nc1cnn(-c2ccccc2F)c1. The van der Waals surface area contributed by atoms with Gasteiger partial charge in [0.15, 0.2) is 0 Å². The van der Waals surface area contributed by atoms with Crippen molar-refractivity contribution >= 4 is 11.7 Å². The van der Waals surface area contributed by atoms with Crippen molar-refractivity contribution in [2.45, 2.75) is 26.7 Å². The van der Waals surface area contributed by atoms with E-state index < -0.39 is 0 Å². The van der Waals surface area contributed by atoms with Crippen LogP contribution in [0, 0.1) is 11.2 Å². The first-order valence-electron chi connectivity index (χ1n) is 7.86. The molecular formula is C17H23FN4O2. The Morgan fingerprint density at radius 2 is 2.12 bits per heavy atom. The Bertz CT molecular complexity index is 685. The minimum atomic E-state index is -0.386. The number of rotatable bonds is 7. The molecule has 0 bridgehead atoms. The maximum Gasteiger partial charge on any atom is 0.319 e. The molecule has 2 amide bonds. The van der Waals surface area contributed by atoms with Crippen molar-refractivity contribution in [2.24, 2.45) is 5.41 Å². The lowest BCUT2D eigenvalue weighted by Gasteiger charge is -2.21. The number of carbonyl (C=O) groups is 1. The van der Waals surface area contributed by atoms with E-state index in [1.165, 1.54) is 16.9 Å². The molecule has 1 heterocycles. The van der Waals surface area contributed by atoms with Crippen molar-refractivity contribution in [3.05, 3.63) is 42.5 Å². The summed E-state index contributed by atoms with van der Waals surface area (Å²) in [5.41, 5.74) is 0.655. The van der Waals surface area contributed by atoms with Crippen LogP contribution in [0.4, 0.5) is 14.9 Å². The molecule has 0 saturated heterocycles. The normalized spacial score (nSPS) is 11.3. The van der Waals surface area contributed by atoms with Crippen LogP contribution < -0.4 is 10.6 Å². The summed E-state index contributed by atoms with van der Waals surface area (Å²) >= 11 is 0. The highest BCUT2D eigenvalue weighted by atomic mass is 19.1. The summed E-state index contributed by atoms with van der Waals surface area (Å²) in [6, 6.07) is 5.94. The summed E-state index contributed by atoms with van der Waals surface area (Å²) in [4.78, 5) is 11.8. The molecule has 130 valence electrons. The second-order valence-corrected chi connectivity index (χ2v) is 6.43. The molecule has 7 heteroatoms. The smallest absolute Gasteiger partial charge is 0.319 e. The molecule has 0 aliphatic rings. The van der Waals surface area contributed by atoms with Crippen LogP contribution in [0.5, 0.6) is 0 Å². The van der Waals surface area contributed by atoms with Gasteiger partial charge in [0, 0.05) is 13.2 Å². The minimum Gasteiger partial charge on any atom is -0.396 e. The number of carbonyl (C=O) groups excluding carboxylic acids is 1. The van der Waals surface area contributed by atoms with Crippen molar-refractivity contribution in [1.82, 2.24) is 15.1 Å². The molecule has 2 rings (SSSR count). The lowest BCUT2D eigenvalue weighted by Crippen LogP contribution is -2.30. The summed E-state index contributed by atoms with van der Waals surface area (Å²) in [5.74, 6) is -0.386. The maximum atomic E-state index is 13.7. The fourth-order valence-corrected chi connectivity index (χ4v) is 2.18. The Morgan fingerprint density at radius 3 is 2.83 bits per heavy atom. The number of amides is 2. The van der Waals surface area contributed by atoms with Gasteiger partial charge in [-0.15, -0.1) is 0 Å². The lowest BCUT2D eigenvalue weighted by molar-refractivity contribution is 0.148. The minimum absolute atomic E-state index is 0.119. The van der Waals surface area contributed by atoms with Crippen molar-refractivity contribution in [2.75, 3.05) is 18.5 Å². The number of para-hydroxylation sites is 1. The molecule has 1 aromatic heterocycles. The van der Waals surface area contributed by atoms with E-state index in [9.17, 15) is 14.3 Å². The first-order valence-corrected chi connectivity index (χ1v) is 7.86. The molecule has 0 unspecified atom stereocenters. The predicted octanol–water partition coefficient (Wildman–Crippen LogP) is 2.93. The molecule has 0 aliphatic carbocycles. The van der Waals surface area contributed by atoms with Crippen LogP contribution in [-0.2, 0) is 0 Å². The monoisotopic (exact) mass is 334 g/mol. The Hall–Kier alpha value is -2.41. The molecule has 24 heavy (non-hydrogen) atoms. The molecule has 0 atom stereocenters. The topological polar surface area (TPSA) is 79.2 Å². The van der Waals surface area contributed by atoms with E-state index in [0.29, 0.717) is 17.9 Å². The summed E-state index contributed by atoms with van der Waals surface area (Å²) in [6.07, 6.45) is 4.60. The number of hydrogen-bond donors (Lipinski definition) is 3. The highest BCUT2D eigenvalue weighted by Gasteiger charge is 2.15. The number of benzene rings is 1. The Balaban J connectivity index is 1.82. The molecule has 0 radical (unpaired) electrons. The number of nitrogens with zero attached hydrogens (tertiary/aromatic N) is 2. The van der Waals surface area contributed by atoms with E-state index in [4.69, 9.17) is 0 Å². The number of hydrogen-bond acceptors (Lipinski definition) is 3. The number of aliphatic hydroxyl groups is 1. The van der Waals surface area contributed by atoms with Crippen LogP contribution in [0.1, 0.15) is 26.7 Å². The Labute approximate surface area is 140 Å². The zero-order chi connectivity index (χ0) is 17.6. The second kappa shape index (κ2) is 7.92. The third kappa shape index (κ3) is 5.06. The van der Waals surface area contributed by atoms with E-state index >= 15 is 0 Å². The molecule has 3 N–H and O–H groups in total. The molecule has 0 aliphatic heterocycles. The van der Waals surface area contributed by atoms with Crippen molar-refractivity contribution in [3.63, 3.8) is 0 Å². The van der Waals surface area contributed by atoms with Crippen molar-refractivity contribution in [3.8, 4) is 5.69 Å².